The molecule has 1 saturated heterocycles. The van der Waals surface area contributed by atoms with Crippen molar-refractivity contribution in [1.29, 1.82) is 0 Å². The monoisotopic (exact) mass is 203 g/mol. The van der Waals surface area contributed by atoms with Gasteiger partial charge in [0.25, 0.3) is 0 Å². The third kappa shape index (κ3) is 1.35. The molecule has 78 valence electrons. The van der Waals surface area contributed by atoms with Crippen LogP contribution in [-0.2, 0) is 7.05 Å². The quantitative estimate of drug-likeness (QED) is 0.739. The van der Waals surface area contributed by atoms with E-state index in [9.17, 15) is 0 Å². The summed E-state index contributed by atoms with van der Waals surface area (Å²) in [5, 5.41) is 6.60. The maximum absolute atomic E-state index is 4.35. The molecule has 1 fully saturated rings. The molecule has 0 aromatic carbocycles. The lowest BCUT2D eigenvalue weighted by atomic mass is 10.2. The van der Waals surface area contributed by atoms with Crippen molar-refractivity contribution in [2.45, 2.75) is 6.04 Å². The third-order valence-corrected chi connectivity index (χ3v) is 2.77. The number of anilines is 1. The van der Waals surface area contributed by atoms with Gasteiger partial charge in [-0.05, 0) is 6.07 Å². The van der Waals surface area contributed by atoms with E-state index in [1.807, 2.05) is 30.2 Å². The first-order valence-corrected chi connectivity index (χ1v) is 5.08. The summed E-state index contributed by atoms with van der Waals surface area (Å²) >= 11 is 0. The standard InChI is InChI=1S/C10H13N5/c1-15-6-13-9-8(15)2-3-12-10(9)14-7-4-11-5-7/h2-3,6-7,11H,4-5H2,1H3,(H,12,14). The highest BCUT2D eigenvalue weighted by molar-refractivity contribution is 5.85. The van der Waals surface area contributed by atoms with Crippen molar-refractivity contribution in [3.8, 4) is 0 Å². The maximum Gasteiger partial charge on any atom is 0.154 e. The topological polar surface area (TPSA) is 54.8 Å². The number of nitrogens with zero attached hydrogens (tertiary/aromatic N) is 3. The van der Waals surface area contributed by atoms with Gasteiger partial charge in [-0.15, -0.1) is 0 Å². The van der Waals surface area contributed by atoms with Crippen LogP contribution in [0.4, 0.5) is 5.82 Å². The van der Waals surface area contributed by atoms with Gasteiger partial charge in [-0.3, -0.25) is 0 Å². The van der Waals surface area contributed by atoms with Gasteiger partial charge < -0.3 is 15.2 Å². The van der Waals surface area contributed by atoms with Gasteiger partial charge in [0.05, 0.1) is 17.9 Å². The summed E-state index contributed by atoms with van der Waals surface area (Å²) in [6.07, 6.45) is 3.63. The Morgan fingerprint density at radius 3 is 3.07 bits per heavy atom. The van der Waals surface area contributed by atoms with Crippen molar-refractivity contribution in [3.05, 3.63) is 18.6 Å². The van der Waals surface area contributed by atoms with Gasteiger partial charge in [0.15, 0.2) is 5.82 Å². The Labute approximate surface area is 87.5 Å². The number of pyridine rings is 1. The number of aromatic nitrogens is 3. The van der Waals surface area contributed by atoms with Gasteiger partial charge in [0.1, 0.15) is 5.52 Å². The molecule has 3 heterocycles. The summed E-state index contributed by atoms with van der Waals surface area (Å²) in [5.41, 5.74) is 2.06. The van der Waals surface area contributed by atoms with E-state index in [-0.39, 0.29) is 0 Å². The molecule has 0 radical (unpaired) electrons. The summed E-state index contributed by atoms with van der Waals surface area (Å²) in [6, 6.07) is 2.47. The average Bonchev–Trinajstić information content (AvgIpc) is 2.55. The lowest BCUT2D eigenvalue weighted by molar-refractivity contribution is 0.471. The minimum Gasteiger partial charge on any atom is -0.363 e. The second kappa shape index (κ2) is 3.20. The number of hydrogen-bond acceptors (Lipinski definition) is 4. The maximum atomic E-state index is 4.35. The minimum absolute atomic E-state index is 0.491. The van der Waals surface area contributed by atoms with Crippen LogP contribution in [-0.4, -0.2) is 33.7 Å². The number of aryl methyl sites for hydroxylation is 1. The first-order valence-electron chi connectivity index (χ1n) is 5.08. The van der Waals surface area contributed by atoms with Gasteiger partial charge >= 0.3 is 0 Å². The molecular formula is C10H13N5. The average molecular weight is 203 g/mol. The van der Waals surface area contributed by atoms with Crippen LogP contribution >= 0.6 is 0 Å². The number of rotatable bonds is 2. The van der Waals surface area contributed by atoms with E-state index < -0.39 is 0 Å². The van der Waals surface area contributed by atoms with Crippen LogP contribution in [0.3, 0.4) is 0 Å². The van der Waals surface area contributed by atoms with Crippen molar-refractivity contribution in [1.82, 2.24) is 19.9 Å². The molecule has 3 rings (SSSR count). The molecule has 2 aromatic rings. The highest BCUT2D eigenvalue weighted by Crippen LogP contribution is 2.19. The van der Waals surface area contributed by atoms with Crippen LogP contribution in [0.15, 0.2) is 18.6 Å². The molecule has 0 saturated carbocycles. The zero-order valence-electron chi connectivity index (χ0n) is 8.57. The van der Waals surface area contributed by atoms with Crippen LogP contribution in [0, 0.1) is 0 Å². The summed E-state index contributed by atoms with van der Waals surface area (Å²) in [6.45, 7) is 2.01. The third-order valence-electron chi connectivity index (χ3n) is 2.77. The lowest BCUT2D eigenvalue weighted by Gasteiger charge is -2.28. The van der Waals surface area contributed by atoms with Crippen LogP contribution in [0.2, 0.25) is 0 Å². The highest BCUT2D eigenvalue weighted by Gasteiger charge is 2.18. The normalized spacial score (nSPS) is 16.6. The number of hydrogen-bond donors (Lipinski definition) is 2. The van der Waals surface area contributed by atoms with Crippen molar-refractivity contribution >= 4 is 16.9 Å². The van der Waals surface area contributed by atoms with Crippen LogP contribution in [0.1, 0.15) is 0 Å². The fraction of sp³-hybridized carbons (Fsp3) is 0.400. The molecular weight excluding hydrogens is 190 g/mol. The van der Waals surface area contributed by atoms with E-state index in [1.54, 1.807) is 0 Å². The SMILES string of the molecule is Cn1cnc2c(NC3CNC3)nccc21. The van der Waals surface area contributed by atoms with Gasteiger partial charge in [-0.2, -0.15) is 0 Å². The molecule has 0 unspecified atom stereocenters. The number of nitrogens with one attached hydrogen (secondary N) is 2. The van der Waals surface area contributed by atoms with Gasteiger partial charge in [0, 0.05) is 26.3 Å². The largest absolute Gasteiger partial charge is 0.363 e. The highest BCUT2D eigenvalue weighted by atomic mass is 15.1. The Balaban J connectivity index is 2.01. The van der Waals surface area contributed by atoms with Crippen LogP contribution in [0.25, 0.3) is 11.0 Å². The summed E-state index contributed by atoms with van der Waals surface area (Å²) < 4.78 is 2.00. The van der Waals surface area contributed by atoms with E-state index in [4.69, 9.17) is 0 Å². The molecule has 2 aromatic heterocycles. The summed E-state index contributed by atoms with van der Waals surface area (Å²) in [5.74, 6) is 0.889. The van der Waals surface area contributed by atoms with E-state index in [0.29, 0.717) is 6.04 Å². The zero-order chi connectivity index (χ0) is 10.3. The Kier molecular flexibility index (Phi) is 1.85. The number of fused-ring (bicyclic) bond motifs is 1. The van der Waals surface area contributed by atoms with Gasteiger partial charge in [0.2, 0.25) is 0 Å². The predicted molar refractivity (Wildman–Crippen MR) is 58.8 cm³/mol. The van der Waals surface area contributed by atoms with E-state index in [0.717, 1.165) is 29.9 Å². The van der Waals surface area contributed by atoms with Crippen molar-refractivity contribution in [3.63, 3.8) is 0 Å². The Bertz CT molecular complexity index is 486. The Hall–Kier alpha value is -1.62. The molecule has 0 atom stereocenters. The van der Waals surface area contributed by atoms with E-state index in [2.05, 4.69) is 20.6 Å². The second-order valence-electron chi connectivity index (χ2n) is 3.88. The predicted octanol–water partition coefficient (Wildman–Crippen LogP) is 0.352. The smallest absolute Gasteiger partial charge is 0.154 e. The van der Waals surface area contributed by atoms with Gasteiger partial charge in [-0.25, -0.2) is 9.97 Å². The molecule has 1 aliphatic heterocycles. The zero-order valence-corrected chi connectivity index (χ0v) is 8.57. The Morgan fingerprint density at radius 2 is 2.33 bits per heavy atom. The summed E-state index contributed by atoms with van der Waals surface area (Å²) in [4.78, 5) is 8.67. The molecule has 15 heavy (non-hydrogen) atoms. The lowest BCUT2D eigenvalue weighted by Crippen LogP contribution is -2.51. The first kappa shape index (κ1) is 8.67. The molecule has 2 N–H and O–H groups in total. The Morgan fingerprint density at radius 1 is 1.47 bits per heavy atom. The second-order valence-corrected chi connectivity index (χ2v) is 3.88. The molecule has 0 bridgehead atoms. The number of imidazole rings is 1. The van der Waals surface area contributed by atoms with Crippen LogP contribution < -0.4 is 10.6 Å². The molecule has 0 aliphatic carbocycles. The van der Waals surface area contributed by atoms with E-state index >= 15 is 0 Å². The van der Waals surface area contributed by atoms with Crippen molar-refractivity contribution in [2.24, 2.45) is 7.05 Å². The molecule has 1 aliphatic rings. The fourth-order valence-electron chi connectivity index (χ4n) is 1.75. The van der Waals surface area contributed by atoms with Crippen LogP contribution in [0.5, 0.6) is 0 Å². The first-order chi connectivity index (χ1) is 7.34. The molecule has 0 amide bonds. The van der Waals surface area contributed by atoms with Crippen molar-refractivity contribution < 1.29 is 0 Å². The van der Waals surface area contributed by atoms with E-state index in [1.165, 1.54) is 0 Å². The summed E-state index contributed by atoms with van der Waals surface area (Å²) in [7, 11) is 1.99. The molecule has 5 nitrogen and oxygen atoms in total. The molecule has 0 spiro atoms. The van der Waals surface area contributed by atoms with Gasteiger partial charge in [-0.1, -0.05) is 0 Å². The molecule has 5 heteroatoms. The minimum atomic E-state index is 0.491. The van der Waals surface area contributed by atoms with Crippen molar-refractivity contribution in [2.75, 3.05) is 18.4 Å². The fourth-order valence-corrected chi connectivity index (χ4v) is 1.75.